The first-order valence-electron chi connectivity index (χ1n) is 7.85. The summed E-state index contributed by atoms with van der Waals surface area (Å²) < 4.78 is 11.5. The van der Waals surface area contributed by atoms with E-state index in [2.05, 4.69) is 15.0 Å². The number of aryl methyl sites for hydroxylation is 1. The zero-order valence-corrected chi connectivity index (χ0v) is 13.8. The molecule has 0 atom stereocenters. The van der Waals surface area contributed by atoms with Crippen molar-refractivity contribution in [1.29, 1.82) is 0 Å². The fourth-order valence-corrected chi connectivity index (χ4v) is 2.75. The van der Waals surface area contributed by atoms with E-state index >= 15 is 0 Å². The predicted octanol–water partition coefficient (Wildman–Crippen LogP) is 2.17. The van der Waals surface area contributed by atoms with Gasteiger partial charge in [0.1, 0.15) is 0 Å². The molecule has 3 rings (SSSR count). The molecule has 0 bridgehead atoms. The van der Waals surface area contributed by atoms with E-state index in [1.54, 1.807) is 19.3 Å². The van der Waals surface area contributed by atoms with Gasteiger partial charge in [0.2, 0.25) is 5.88 Å². The Labute approximate surface area is 144 Å². The summed E-state index contributed by atoms with van der Waals surface area (Å²) in [6.07, 6.45) is 0.185. The first-order chi connectivity index (χ1) is 12.0. The number of hydrogen-bond acceptors (Lipinski definition) is 5. The van der Waals surface area contributed by atoms with Crippen molar-refractivity contribution in [1.82, 2.24) is 4.57 Å². The van der Waals surface area contributed by atoms with Crippen molar-refractivity contribution in [3.8, 4) is 5.88 Å². The molecule has 8 heteroatoms. The lowest BCUT2D eigenvalue weighted by atomic mass is 10.1. The summed E-state index contributed by atoms with van der Waals surface area (Å²) in [7, 11) is 1.63. The Bertz CT molecular complexity index is 780. The highest BCUT2D eigenvalue weighted by molar-refractivity contribution is 6.08. The molecule has 0 saturated carbocycles. The number of benzene rings is 1. The van der Waals surface area contributed by atoms with Gasteiger partial charge in [-0.05, 0) is 12.1 Å². The Morgan fingerprint density at radius 1 is 1.24 bits per heavy atom. The SMILES string of the molecule is Cn1cc(NC(=O)c2ccccc2N2CCOCC2)cc1OC(=O)O. The summed E-state index contributed by atoms with van der Waals surface area (Å²) in [4.78, 5) is 25.5. The van der Waals surface area contributed by atoms with Crippen LogP contribution in [0, 0.1) is 0 Å². The van der Waals surface area contributed by atoms with Crippen molar-refractivity contribution in [3.05, 3.63) is 42.1 Å². The number of hydrogen-bond donors (Lipinski definition) is 2. The van der Waals surface area contributed by atoms with Crippen LogP contribution in [0.3, 0.4) is 0 Å². The molecule has 2 N–H and O–H groups in total. The number of morpholine rings is 1. The van der Waals surface area contributed by atoms with Crippen molar-refractivity contribution in [3.63, 3.8) is 0 Å². The maximum atomic E-state index is 12.7. The number of nitrogens with one attached hydrogen (secondary N) is 1. The Morgan fingerprint density at radius 2 is 1.96 bits per heavy atom. The van der Waals surface area contributed by atoms with Crippen molar-refractivity contribution in [2.24, 2.45) is 7.05 Å². The van der Waals surface area contributed by atoms with Gasteiger partial charge >= 0.3 is 6.16 Å². The third-order valence-electron chi connectivity index (χ3n) is 3.91. The van der Waals surface area contributed by atoms with Crippen LogP contribution in [0.15, 0.2) is 36.5 Å². The summed E-state index contributed by atoms with van der Waals surface area (Å²) in [5.41, 5.74) is 1.86. The van der Waals surface area contributed by atoms with Crippen molar-refractivity contribution in [2.45, 2.75) is 0 Å². The first-order valence-corrected chi connectivity index (χ1v) is 7.85. The van der Waals surface area contributed by atoms with Crippen molar-refractivity contribution >= 4 is 23.4 Å². The van der Waals surface area contributed by atoms with Crippen LogP contribution in [0.1, 0.15) is 10.4 Å². The molecule has 1 aliphatic rings. The van der Waals surface area contributed by atoms with Crippen LogP contribution in [0.25, 0.3) is 0 Å². The van der Waals surface area contributed by atoms with Crippen LogP contribution in [0.5, 0.6) is 5.88 Å². The van der Waals surface area contributed by atoms with E-state index in [9.17, 15) is 9.59 Å². The zero-order valence-electron chi connectivity index (χ0n) is 13.8. The van der Waals surface area contributed by atoms with Crippen LogP contribution in [0.2, 0.25) is 0 Å². The normalized spacial score (nSPS) is 14.2. The number of amides is 1. The number of ether oxygens (including phenoxy) is 2. The summed E-state index contributed by atoms with van der Waals surface area (Å²) in [5, 5.41) is 11.5. The molecule has 1 amide bonds. The number of carbonyl (C=O) groups excluding carboxylic acids is 1. The van der Waals surface area contributed by atoms with E-state index in [1.165, 1.54) is 10.6 Å². The lowest BCUT2D eigenvalue weighted by molar-refractivity contribution is 0.102. The minimum Gasteiger partial charge on any atom is -0.449 e. The molecule has 1 fully saturated rings. The maximum absolute atomic E-state index is 12.7. The molecule has 25 heavy (non-hydrogen) atoms. The van der Waals surface area contributed by atoms with Crippen LogP contribution >= 0.6 is 0 Å². The monoisotopic (exact) mass is 345 g/mol. The van der Waals surface area contributed by atoms with E-state index in [4.69, 9.17) is 9.84 Å². The molecule has 2 aromatic rings. The number of carbonyl (C=O) groups is 2. The van der Waals surface area contributed by atoms with Gasteiger partial charge in [-0.25, -0.2) is 4.79 Å². The van der Waals surface area contributed by atoms with Gasteiger partial charge in [-0.3, -0.25) is 4.79 Å². The molecule has 0 aliphatic carbocycles. The fourth-order valence-electron chi connectivity index (χ4n) is 2.75. The third-order valence-corrected chi connectivity index (χ3v) is 3.91. The molecule has 1 aliphatic heterocycles. The number of aromatic nitrogens is 1. The predicted molar refractivity (Wildman–Crippen MR) is 91.5 cm³/mol. The second-order valence-electron chi connectivity index (χ2n) is 5.62. The van der Waals surface area contributed by atoms with Crippen LogP contribution in [-0.2, 0) is 11.8 Å². The molecule has 2 heterocycles. The molecule has 1 saturated heterocycles. The maximum Gasteiger partial charge on any atom is 0.512 e. The topological polar surface area (TPSA) is 93.0 Å². The van der Waals surface area contributed by atoms with E-state index in [0.29, 0.717) is 24.5 Å². The van der Waals surface area contributed by atoms with Crippen LogP contribution in [0.4, 0.5) is 16.2 Å². The highest BCUT2D eigenvalue weighted by Crippen LogP contribution is 2.24. The summed E-state index contributed by atoms with van der Waals surface area (Å²) in [6, 6.07) is 8.83. The molecular formula is C17H19N3O5. The number of nitrogens with zero attached hydrogens (tertiary/aromatic N) is 2. The number of rotatable bonds is 4. The van der Waals surface area contributed by atoms with E-state index < -0.39 is 6.16 Å². The van der Waals surface area contributed by atoms with Gasteiger partial charge in [0.05, 0.1) is 24.5 Å². The molecular weight excluding hydrogens is 326 g/mol. The zero-order chi connectivity index (χ0) is 17.8. The molecule has 0 spiro atoms. The fraction of sp³-hybridized carbons (Fsp3) is 0.294. The molecule has 1 aromatic heterocycles. The Kier molecular flexibility index (Phi) is 4.90. The quantitative estimate of drug-likeness (QED) is 0.825. The summed E-state index contributed by atoms with van der Waals surface area (Å²) >= 11 is 0. The van der Waals surface area contributed by atoms with Crippen LogP contribution in [-0.4, -0.2) is 48.0 Å². The number of anilines is 2. The standard InChI is InChI=1S/C17H19N3O5/c1-19-11-12(10-15(19)25-17(22)23)18-16(21)13-4-2-3-5-14(13)20-6-8-24-9-7-20/h2-5,10-11H,6-9H2,1H3,(H,18,21)(H,22,23). The van der Waals surface area contributed by atoms with Gasteiger partial charge in [0.15, 0.2) is 0 Å². The van der Waals surface area contributed by atoms with Gasteiger partial charge in [0, 0.05) is 38.1 Å². The molecule has 0 radical (unpaired) electrons. The molecule has 0 unspecified atom stereocenters. The van der Waals surface area contributed by atoms with E-state index in [1.807, 2.05) is 18.2 Å². The Morgan fingerprint density at radius 3 is 2.68 bits per heavy atom. The van der Waals surface area contributed by atoms with Crippen LogP contribution < -0.4 is 15.0 Å². The van der Waals surface area contributed by atoms with Crippen molar-refractivity contribution < 1.29 is 24.2 Å². The van der Waals surface area contributed by atoms with Gasteiger partial charge in [-0.15, -0.1) is 0 Å². The average Bonchev–Trinajstić information content (AvgIpc) is 2.94. The summed E-state index contributed by atoms with van der Waals surface area (Å²) in [6.45, 7) is 2.72. The molecule has 8 nitrogen and oxygen atoms in total. The van der Waals surface area contributed by atoms with E-state index in [-0.39, 0.29) is 11.8 Å². The second-order valence-corrected chi connectivity index (χ2v) is 5.62. The minimum absolute atomic E-state index is 0.129. The highest BCUT2D eigenvalue weighted by atomic mass is 16.7. The van der Waals surface area contributed by atoms with Gasteiger partial charge < -0.3 is 29.4 Å². The largest absolute Gasteiger partial charge is 0.512 e. The van der Waals surface area contributed by atoms with E-state index in [0.717, 1.165) is 18.8 Å². The molecule has 1 aromatic carbocycles. The van der Waals surface area contributed by atoms with Crippen molar-refractivity contribution in [2.75, 3.05) is 36.5 Å². The highest BCUT2D eigenvalue weighted by Gasteiger charge is 2.19. The molecule has 132 valence electrons. The van der Waals surface area contributed by atoms with Gasteiger partial charge in [0.25, 0.3) is 5.91 Å². The lowest BCUT2D eigenvalue weighted by Gasteiger charge is -2.30. The smallest absolute Gasteiger partial charge is 0.449 e. The number of para-hydroxylation sites is 1. The average molecular weight is 345 g/mol. The summed E-state index contributed by atoms with van der Waals surface area (Å²) in [5.74, 6) is -0.140. The minimum atomic E-state index is -1.41. The third kappa shape index (κ3) is 3.92. The first kappa shape index (κ1) is 16.8. The lowest BCUT2D eigenvalue weighted by Crippen LogP contribution is -2.37. The Balaban J connectivity index is 1.79. The van der Waals surface area contributed by atoms with Gasteiger partial charge in [-0.2, -0.15) is 0 Å². The number of carboxylic acid groups (broad SMARTS) is 1. The Hall–Kier alpha value is -3.00. The second kappa shape index (κ2) is 7.27. The van der Waals surface area contributed by atoms with Gasteiger partial charge in [-0.1, -0.05) is 12.1 Å².